The molecule has 0 aromatic heterocycles. The molecule has 0 aliphatic rings. The van der Waals surface area contributed by atoms with Gasteiger partial charge < -0.3 is 10.4 Å². The van der Waals surface area contributed by atoms with Crippen LogP contribution >= 0.6 is 0 Å². The summed E-state index contributed by atoms with van der Waals surface area (Å²) in [6.07, 6.45) is 0.610. The fourth-order valence-corrected chi connectivity index (χ4v) is 2.55. The number of carboxylic acids is 1. The molecule has 122 valence electrons. The molecule has 3 heteroatoms. The number of nitrogens with one attached hydrogen (secondary N) is 1. The average Bonchev–Trinajstić information content (AvgIpc) is 2.56. The number of rotatable bonds is 8. The maximum absolute atomic E-state index is 11.2. The Kier molecular flexibility index (Phi) is 5.94. The minimum atomic E-state index is -0.748. The summed E-state index contributed by atoms with van der Waals surface area (Å²) in [5.41, 5.74) is 1.84. The molecule has 0 heterocycles. The van der Waals surface area contributed by atoms with Gasteiger partial charge in [-0.2, -0.15) is 0 Å². The Morgan fingerprint density at radius 3 is 1.91 bits per heavy atom. The van der Waals surface area contributed by atoms with Crippen molar-refractivity contribution in [2.24, 2.45) is 5.41 Å². The highest BCUT2D eigenvalue weighted by Gasteiger charge is 2.26. The second-order valence-electron chi connectivity index (χ2n) is 6.52. The third-order valence-electron chi connectivity index (χ3n) is 4.26. The molecular weight excluding hydrogens is 286 g/mol. The lowest BCUT2D eigenvalue weighted by atomic mass is 9.89. The number of hydrogen-bond acceptors (Lipinski definition) is 2. The smallest absolute Gasteiger partial charge is 0.309 e. The van der Waals surface area contributed by atoms with Gasteiger partial charge in [0.15, 0.2) is 0 Å². The third kappa shape index (κ3) is 4.93. The highest BCUT2D eigenvalue weighted by molar-refractivity contribution is 5.73. The summed E-state index contributed by atoms with van der Waals surface area (Å²) in [6.45, 7) is 5.02. The minimum absolute atomic E-state index is 0.269. The van der Waals surface area contributed by atoms with Gasteiger partial charge in [-0.3, -0.25) is 4.79 Å². The molecule has 0 aliphatic heterocycles. The largest absolute Gasteiger partial charge is 0.481 e. The molecule has 0 spiro atoms. The van der Waals surface area contributed by atoms with Gasteiger partial charge in [-0.25, -0.2) is 0 Å². The van der Waals surface area contributed by atoms with Crippen molar-refractivity contribution in [3.8, 4) is 0 Å². The van der Waals surface area contributed by atoms with Crippen molar-refractivity contribution in [2.45, 2.75) is 26.2 Å². The molecule has 0 saturated carbocycles. The van der Waals surface area contributed by atoms with Crippen LogP contribution in [0.5, 0.6) is 0 Å². The summed E-state index contributed by atoms with van der Waals surface area (Å²) in [5.74, 6) is -0.479. The van der Waals surface area contributed by atoms with Gasteiger partial charge in [-0.05, 0) is 37.9 Å². The number of benzene rings is 2. The van der Waals surface area contributed by atoms with E-state index in [-0.39, 0.29) is 5.92 Å². The molecule has 0 saturated heterocycles. The molecule has 2 aromatic rings. The molecule has 3 nitrogen and oxygen atoms in total. The molecule has 2 aromatic carbocycles. The van der Waals surface area contributed by atoms with Crippen LogP contribution in [0.2, 0.25) is 0 Å². The fraction of sp³-hybridized carbons (Fsp3) is 0.350. The van der Waals surface area contributed by atoms with Crippen LogP contribution in [-0.4, -0.2) is 24.2 Å². The van der Waals surface area contributed by atoms with E-state index in [1.807, 2.05) is 12.1 Å². The van der Waals surface area contributed by atoms with E-state index >= 15 is 0 Å². The third-order valence-corrected chi connectivity index (χ3v) is 4.26. The fourth-order valence-electron chi connectivity index (χ4n) is 2.55. The first-order valence-electron chi connectivity index (χ1n) is 8.05. The first-order chi connectivity index (χ1) is 11.0. The first-order valence-corrected chi connectivity index (χ1v) is 8.05. The van der Waals surface area contributed by atoms with Crippen molar-refractivity contribution in [2.75, 3.05) is 13.1 Å². The van der Waals surface area contributed by atoms with E-state index in [9.17, 15) is 9.90 Å². The monoisotopic (exact) mass is 311 g/mol. The zero-order valence-corrected chi connectivity index (χ0v) is 13.8. The van der Waals surface area contributed by atoms with E-state index in [1.165, 1.54) is 11.1 Å². The summed E-state index contributed by atoms with van der Waals surface area (Å²) in [5, 5.41) is 12.6. The number of carboxylic acid groups (broad SMARTS) is 1. The van der Waals surface area contributed by atoms with Gasteiger partial charge in [-0.15, -0.1) is 0 Å². The van der Waals surface area contributed by atoms with E-state index in [1.54, 1.807) is 13.8 Å². The van der Waals surface area contributed by atoms with Crippen LogP contribution in [0.15, 0.2) is 60.7 Å². The highest BCUT2D eigenvalue weighted by atomic mass is 16.4. The van der Waals surface area contributed by atoms with Crippen molar-refractivity contribution in [3.63, 3.8) is 0 Å². The maximum Gasteiger partial charge on any atom is 0.309 e. The van der Waals surface area contributed by atoms with Crippen LogP contribution in [0.1, 0.15) is 37.3 Å². The van der Waals surface area contributed by atoms with Gasteiger partial charge in [-0.1, -0.05) is 60.7 Å². The maximum atomic E-state index is 11.2. The second-order valence-corrected chi connectivity index (χ2v) is 6.52. The molecule has 0 fully saturated rings. The summed E-state index contributed by atoms with van der Waals surface area (Å²) in [4.78, 5) is 11.2. The summed E-state index contributed by atoms with van der Waals surface area (Å²) in [6, 6.07) is 20.8. The van der Waals surface area contributed by atoms with E-state index in [0.717, 1.165) is 6.54 Å². The molecule has 0 aliphatic carbocycles. The van der Waals surface area contributed by atoms with Crippen molar-refractivity contribution in [1.82, 2.24) is 5.32 Å². The normalized spacial score (nSPS) is 11.6. The Labute approximate surface area is 138 Å². The van der Waals surface area contributed by atoms with E-state index < -0.39 is 11.4 Å². The van der Waals surface area contributed by atoms with Crippen LogP contribution in [0.25, 0.3) is 0 Å². The second kappa shape index (κ2) is 7.93. The quantitative estimate of drug-likeness (QED) is 0.727. The highest BCUT2D eigenvalue weighted by Crippen LogP contribution is 2.24. The molecule has 0 unspecified atom stereocenters. The van der Waals surface area contributed by atoms with Gasteiger partial charge in [0.25, 0.3) is 0 Å². The van der Waals surface area contributed by atoms with Gasteiger partial charge in [0.05, 0.1) is 5.41 Å². The van der Waals surface area contributed by atoms with E-state index in [4.69, 9.17) is 0 Å². The van der Waals surface area contributed by atoms with Crippen LogP contribution in [0.3, 0.4) is 0 Å². The van der Waals surface area contributed by atoms with Crippen LogP contribution in [-0.2, 0) is 4.79 Å². The Morgan fingerprint density at radius 2 is 1.48 bits per heavy atom. The molecule has 0 amide bonds. The molecule has 23 heavy (non-hydrogen) atoms. The Morgan fingerprint density at radius 1 is 1.00 bits per heavy atom. The van der Waals surface area contributed by atoms with E-state index in [0.29, 0.717) is 13.0 Å². The molecule has 0 radical (unpaired) electrons. The lowest BCUT2D eigenvalue weighted by Crippen LogP contribution is -2.31. The standard InChI is InChI=1S/C20H25NO2/c1-20(2,19(22)23)13-14-21-15-18(16-9-5-3-6-10-16)17-11-7-4-8-12-17/h3-12,18,21H,13-15H2,1-2H3,(H,22,23). The van der Waals surface area contributed by atoms with Crippen LogP contribution in [0, 0.1) is 5.41 Å². The van der Waals surface area contributed by atoms with Crippen LogP contribution < -0.4 is 5.32 Å². The topological polar surface area (TPSA) is 49.3 Å². The predicted molar refractivity (Wildman–Crippen MR) is 93.6 cm³/mol. The van der Waals surface area contributed by atoms with Gasteiger partial charge >= 0.3 is 5.97 Å². The lowest BCUT2D eigenvalue weighted by Gasteiger charge is -2.22. The zero-order valence-electron chi connectivity index (χ0n) is 13.8. The van der Waals surface area contributed by atoms with Crippen molar-refractivity contribution >= 4 is 5.97 Å². The number of carbonyl (C=O) groups is 1. The van der Waals surface area contributed by atoms with Gasteiger partial charge in [0.1, 0.15) is 0 Å². The minimum Gasteiger partial charge on any atom is -0.481 e. The predicted octanol–water partition coefficient (Wildman–Crippen LogP) is 3.91. The first kappa shape index (κ1) is 17.2. The Hall–Kier alpha value is -2.13. The lowest BCUT2D eigenvalue weighted by molar-refractivity contribution is -0.147. The summed E-state index contributed by atoms with van der Waals surface area (Å²) in [7, 11) is 0. The van der Waals surface area contributed by atoms with Crippen LogP contribution in [0.4, 0.5) is 0 Å². The Bertz CT molecular complexity index is 569. The molecular formula is C20H25NO2. The van der Waals surface area contributed by atoms with Gasteiger partial charge in [0.2, 0.25) is 0 Å². The summed E-state index contributed by atoms with van der Waals surface area (Å²) < 4.78 is 0. The van der Waals surface area contributed by atoms with Crippen molar-refractivity contribution in [3.05, 3.63) is 71.8 Å². The summed E-state index contributed by atoms with van der Waals surface area (Å²) >= 11 is 0. The Balaban J connectivity index is 2.01. The van der Waals surface area contributed by atoms with Crippen molar-refractivity contribution in [1.29, 1.82) is 0 Å². The molecule has 0 bridgehead atoms. The average molecular weight is 311 g/mol. The molecule has 2 rings (SSSR count). The zero-order chi connectivity index (χ0) is 16.7. The van der Waals surface area contributed by atoms with E-state index in [2.05, 4.69) is 53.8 Å². The molecule has 2 N–H and O–H groups in total. The van der Waals surface area contributed by atoms with Crippen molar-refractivity contribution < 1.29 is 9.90 Å². The molecule has 0 atom stereocenters. The number of aliphatic carboxylic acids is 1. The SMILES string of the molecule is CC(C)(CCNCC(c1ccccc1)c1ccccc1)C(=O)O. The number of hydrogen-bond donors (Lipinski definition) is 2. The van der Waals surface area contributed by atoms with Gasteiger partial charge in [0, 0.05) is 12.5 Å².